The van der Waals surface area contributed by atoms with Gasteiger partial charge in [0, 0.05) is 32.7 Å². The SMILES string of the molecule is COC1CNC(C(=O)NCC2CCOC2)C1. The molecule has 0 radical (unpaired) electrons. The quantitative estimate of drug-likeness (QED) is 0.682. The molecule has 92 valence electrons. The van der Waals surface area contributed by atoms with Crippen molar-refractivity contribution in [3.05, 3.63) is 0 Å². The molecule has 0 saturated carbocycles. The van der Waals surface area contributed by atoms with Crippen LogP contribution in [-0.4, -0.2) is 51.5 Å². The lowest BCUT2D eigenvalue weighted by molar-refractivity contribution is -0.123. The summed E-state index contributed by atoms with van der Waals surface area (Å²) >= 11 is 0. The highest BCUT2D eigenvalue weighted by molar-refractivity contribution is 5.82. The zero-order chi connectivity index (χ0) is 11.4. The number of rotatable bonds is 4. The zero-order valence-electron chi connectivity index (χ0n) is 9.70. The summed E-state index contributed by atoms with van der Waals surface area (Å²) in [6, 6.07) is -0.0905. The van der Waals surface area contributed by atoms with E-state index in [4.69, 9.17) is 9.47 Å². The van der Waals surface area contributed by atoms with Gasteiger partial charge in [-0.05, 0) is 12.8 Å². The van der Waals surface area contributed by atoms with E-state index in [9.17, 15) is 4.79 Å². The van der Waals surface area contributed by atoms with Crippen molar-refractivity contribution in [3.63, 3.8) is 0 Å². The lowest BCUT2D eigenvalue weighted by Gasteiger charge is -2.13. The van der Waals surface area contributed by atoms with Crippen molar-refractivity contribution in [3.8, 4) is 0 Å². The maximum absolute atomic E-state index is 11.8. The highest BCUT2D eigenvalue weighted by Gasteiger charge is 2.29. The molecule has 0 bridgehead atoms. The van der Waals surface area contributed by atoms with E-state index in [2.05, 4.69) is 10.6 Å². The predicted octanol–water partition coefficient (Wildman–Crippen LogP) is -0.484. The second-order valence-electron chi connectivity index (χ2n) is 4.53. The van der Waals surface area contributed by atoms with Crippen molar-refractivity contribution in [1.29, 1.82) is 0 Å². The number of carbonyl (C=O) groups excluding carboxylic acids is 1. The van der Waals surface area contributed by atoms with Crippen molar-refractivity contribution in [1.82, 2.24) is 10.6 Å². The van der Waals surface area contributed by atoms with E-state index < -0.39 is 0 Å². The number of ether oxygens (including phenoxy) is 2. The molecule has 5 nitrogen and oxygen atoms in total. The van der Waals surface area contributed by atoms with Crippen molar-refractivity contribution >= 4 is 5.91 Å². The van der Waals surface area contributed by atoms with Gasteiger partial charge in [0.2, 0.25) is 5.91 Å². The predicted molar refractivity (Wildman–Crippen MR) is 59.1 cm³/mol. The monoisotopic (exact) mass is 228 g/mol. The number of carbonyl (C=O) groups is 1. The maximum atomic E-state index is 11.8. The van der Waals surface area contributed by atoms with E-state index >= 15 is 0 Å². The van der Waals surface area contributed by atoms with Gasteiger partial charge >= 0.3 is 0 Å². The molecule has 5 heteroatoms. The van der Waals surface area contributed by atoms with Crippen molar-refractivity contribution in [2.24, 2.45) is 5.92 Å². The third-order valence-corrected chi connectivity index (χ3v) is 3.33. The molecule has 2 fully saturated rings. The van der Waals surface area contributed by atoms with E-state index in [1.54, 1.807) is 7.11 Å². The minimum Gasteiger partial charge on any atom is -0.381 e. The summed E-state index contributed by atoms with van der Waals surface area (Å²) in [5.41, 5.74) is 0. The Bertz CT molecular complexity index is 241. The number of amides is 1. The first-order valence-corrected chi connectivity index (χ1v) is 5.91. The molecule has 0 aromatic carbocycles. The van der Waals surface area contributed by atoms with E-state index in [-0.39, 0.29) is 18.1 Å². The van der Waals surface area contributed by atoms with Crippen LogP contribution in [0, 0.1) is 5.92 Å². The molecule has 3 atom stereocenters. The number of nitrogens with one attached hydrogen (secondary N) is 2. The molecule has 1 amide bonds. The Morgan fingerprint density at radius 3 is 3.12 bits per heavy atom. The molecule has 3 unspecified atom stereocenters. The average Bonchev–Trinajstić information content (AvgIpc) is 2.96. The van der Waals surface area contributed by atoms with Gasteiger partial charge in [0.1, 0.15) is 0 Å². The summed E-state index contributed by atoms with van der Waals surface area (Å²) in [5.74, 6) is 0.579. The molecule has 2 N–H and O–H groups in total. The second kappa shape index (κ2) is 5.61. The van der Waals surface area contributed by atoms with Gasteiger partial charge in [-0.1, -0.05) is 0 Å². The molecule has 16 heavy (non-hydrogen) atoms. The molecular formula is C11H20N2O3. The van der Waals surface area contributed by atoms with Crippen LogP contribution in [0.2, 0.25) is 0 Å². The zero-order valence-corrected chi connectivity index (χ0v) is 9.70. The lowest BCUT2D eigenvalue weighted by Crippen LogP contribution is -2.42. The summed E-state index contributed by atoms with van der Waals surface area (Å²) in [7, 11) is 1.68. The van der Waals surface area contributed by atoms with Gasteiger partial charge in [0.15, 0.2) is 0 Å². The van der Waals surface area contributed by atoms with Gasteiger partial charge in [-0.3, -0.25) is 4.79 Å². The Hall–Kier alpha value is -0.650. The Morgan fingerprint density at radius 2 is 2.50 bits per heavy atom. The Morgan fingerprint density at radius 1 is 1.62 bits per heavy atom. The van der Waals surface area contributed by atoms with Crippen molar-refractivity contribution in [2.75, 3.05) is 33.4 Å². The van der Waals surface area contributed by atoms with Crippen LogP contribution in [0.4, 0.5) is 0 Å². The second-order valence-corrected chi connectivity index (χ2v) is 4.53. The minimum atomic E-state index is -0.0905. The van der Waals surface area contributed by atoms with Crippen LogP contribution in [0.5, 0.6) is 0 Å². The molecule has 2 aliphatic heterocycles. The van der Waals surface area contributed by atoms with Crippen molar-refractivity contribution < 1.29 is 14.3 Å². The molecule has 0 aliphatic carbocycles. The van der Waals surface area contributed by atoms with Gasteiger partial charge in [-0.2, -0.15) is 0 Å². The molecular weight excluding hydrogens is 208 g/mol. The summed E-state index contributed by atoms with van der Waals surface area (Å²) in [6.07, 6.45) is 1.99. The fourth-order valence-corrected chi connectivity index (χ4v) is 2.20. The van der Waals surface area contributed by atoms with E-state index in [0.29, 0.717) is 5.92 Å². The standard InChI is InChI=1S/C11H20N2O3/c1-15-9-4-10(12-6-9)11(14)13-5-8-2-3-16-7-8/h8-10,12H,2-7H2,1H3,(H,13,14). The van der Waals surface area contributed by atoms with Crippen LogP contribution in [-0.2, 0) is 14.3 Å². The minimum absolute atomic E-state index is 0.0893. The van der Waals surface area contributed by atoms with Crippen LogP contribution < -0.4 is 10.6 Å². The largest absolute Gasteiger partial charge is 0.381 e. The fraction of sp³-hybridized carbons (Fsp3) is 0.909. The smallest absolute Gasteiger partial charge is 0.237 e. The highest BCUT2D eigenvalue weighted by atomic mass is 16.5. The van der Waals surface area contributed by atoms with Crippen LogP contribution in [0.15, 0.2) is 0 Å². The molecule has 2 heterocycles. The first-order valence-electron chi connectivity index (χ1n) is 5.91. The number of hydrogen-bond donors (Lipinski definition) is 2. The summed E-state index contributed by atoms with van der Waals surface area (Å²) < 4.78 is 10.5. The topological polar surface area (TPSA) is 59.6 Å². The summed E-state index contributed by atoms with van der Waals surface area (Å²) in [4.78, 5) is 11.8. The van der Waals surface area contributed by atoms with Crippen molar-refractivity contribution in [2.45, 2.75) is 25.0 Å². The molecule has 2 rings (SSSR count). The van der Waals surface area contributed by atoms with Crippen LogP contribution in [0.3, 0.4) is 0 Å². The van der Waals surface area contributed by atoms with E-state index in [0.717, 1.165) is 39.1 Å². The Kier molecular flexibility index (Phi) is 4.15. The number of methoxy groups -OCH3 is 1. The van der Waals surface area contributed by atoms with Crippen LogP contribution >= 0.6 is 0 Å². The Labute approximate surface area is 95.9 Å². The van der Waals surface area contributed by atoms with E-state index in [1.807, 2.05) is 0 Å². The molecule has 0 aromatic rings. The van der Waals surface area contributed by atoms with Gasteiger partial charge in [0.05, 0.1) is 18.8 Å². The maximum Gasteiger partial charge on any atom is 0.237 e. The summed E-state index contributed by atoms with van der Waals surface area (Å²) in [6.45, 7) is 3.10. The van der Waals surface area contributed by atoms with Gasteiger partial charge in [-0.15, -0.1) is 0 Å². The van der Waals surface area contributed by atoms with Gasteiger partial charge in [-0.25, -0.2) is 0 Å². The summed E-state index contributed by atoms with van der Waals surface area (Å²) in [5, 5.41) is 6.14. The highest BCUT2D eigenvalue weighted by Crippen LogP contribution is 2.12. The molecule has 2 saturated heterocycles. The Balaban J connectivity index is 1.67. The first-order chi connectivity index (χ1) is 7.79. The van der Waals surface area contributed by atoms with Gasteiger partial charge < -0.3 is 20.1 Å². The number of hydrogen-bond acceptors (Lipinski definition) is 4. The fourth-order valence-electron chi connectivity index (χ4n) is 2.20. The average molecular weight is 228 g/mol. The molecule has 0 spiro atoms. The lowest BCUT2D eigenvalue weighted by atomic mass is 10.1. The van der Waals surface area contributed by atoms with Crippen LogP contribution in [0.25, 0.3) is 0 Å². The normalized spacial score (nSPS) is 34.2. The van der Waals surface area contributed by atoms with Gasteiger partial charge in [0.25, 0.3) is 0 Å². The molecule has 2 aliphatic rings. The third kappa shape index (κ3) is 2.93. The third-order valence-electron chi connectivity index (χ3n) is 3.33. The molecule has 0 aromatic heterocycles. The first kappa shape index (κ1) is 11.8. The van der Waals surface area contributed by atoms with E-state index in [1.165, 1.54) is 0 Å². The van der Waals surface area contributed by atoms with Crippen LogP contribution in [0.1, 0.15) is 12.8 Å².